The van der Waals surface area contributed by atoms with Crippen molar-refractivity contribution in [2.75, 3.05) is 0 Å². The number of carbonyl (C=O) groups excluding carboxylic acids is 1. The standard InChI is InChI=1S/C16H24N4O.2ClH/c1-5-10-16(3,17)15(21)18-11(2)14-19-12-8-6-7-9-13(12)20(14)4;;/h6-9,11H,5,10,17H2,1-4H3,(H,18,21);2*1H. The summed E-state index contributed by atoms with van der Waals surface area (Å²) in [7, 11) is 1.96. The van der Waals surface area contributed by atoms with Gasteiger partial charge in [0, 0.05) is 7.05 Å². The quantitative estimate of drug-likeness (QED) is 0.860. The van der Waals surface area contributed by atoms with E-state index in [-0.39, 0.29) is 36.8 Å². The van der Waals surface area contributed by atoms with Crippen molar-refractivity contribution in [1.29, 1.82) is 0 Å². The maximum atomic E-state index is 12.3. The second kappa shape index (κ2) is 8.52. The molecule has 2 unspecified atom stereocenters. The zero-order chi connectivity index (χ0) is 15.6. The van der Waals surface area contributed by atoms with Crippen molar-refractivity contribution in [2.24, 2.45) is 12.8 Å². The highest BCUT2D eigenvalue weighted by atomic mass is 35.5. The fourth-order valence-electron chi connectivity index (χ4n) is 2.61. The third kappa shape index (κ3) is 4.59. The van der Waals surface area contributed by atoms with E-state index in [4.69, 9.17) is 5.73 Å². The molecule has 2 atom stereocenters. The normalized spacial score (nSPS) is 14.3. The molecule has 0 spiro atoms. The molecule has 0 aliphatic rings. The monoisotopic (exact) mass is 360 g/mol. The van der Waals surface area contributed by atoms with Crippen LogP contribution in [-0.4, -0.2) is 21.0 Å². The molecular formula is C16H26Cl2N4O. The number of nitrogens with two attached hydrogens (primary N) is 1. The molecule has 0 saturated heterocycles. The van der Waals surface area contributed by atoms with Crippen LogP contribution in [0.4, 0.5) is 0 Å². The van der Waals surface area contributed by atoms with Crippen LogP contribution in [0.25, 0.3) is 11.0 Å². The van der Waals surface area contributed by atoms with Crippen LogP contribution in [0, 0.1) is 0 Å². The first-order valence-electron chi connectivity index (χ1n) is 7.38. The Balaban J connectivity index is 0.00000242. The third-order valence-corrected chi connectivity index (χ3v) is 3.84. The lowest BCUT2D eigenvalue weighted by molar-refractivity contribution is -0.126. The maximum absolute atomic E-state index is 12.3. The van der Waals surface area contributed by atoms with Gasteiger partial charge in [-0.15, -0.1) is 24.8 Å². The van der Waals surface area contributed by atoms with E-state index in [0.717, 1.165) is 23.3 Å². The number of nitrogens with one attached hydrogen (secondary N) is 1. The van der Waals surface area contributed by atoms with E-state index in [2.05, 4.69) is 10.3 Å². The first-order chi connectivity index (χ1) is 9.86. The molecule has 3 N–H and O–H groups in total. The van der Waals surface area contributed by atoms with Crippen LogP contribution >= 0.6 is 24.8 Å². The van der Waals surface area contributed by atoms with Crippen molar-refractivity contribution in [1.82, 2.24) is 14.9 Å². The summed E-state index contributed by atoms with van der Waals surface area (Å²) in [6.07, 6.45) is 1.54. The van der Waals surface area contributed by atoms with Gasteiger partial charge in [-0.05, 0) is 32.4 Å². The molecule has 5 nitrogen and oxygen atoms in total. The fraction of sp³-hybridized carbons (Fsp3) is 0.500. The Morgan fingerprint density at radius 3 is 2.57 bits per heavy atom. The van der Waals surface area contributed by atoms with E-state index in [0.29, 0.717) is 6.42 Å². The lowest BCUT2D eigenvalue weighted by Crippen LogP contribution is -2.52. The highest BCUT2D eigenvalue weighted by Gasteiger charge is 2.29. The number of benzene rings is 1. The van der Waals surface area contributed by atoms with Crippen LogP contribution in [0.5, 0.6) is 0 Å². The molecule has 0 radical (unpaired) electrons. The highest BCUT2D eigenvalue weighted by Crippen LogP contribution is 2.20. The number of para-hydroxylation sites is 2. The molecule has 2 aromatic rings. The van der Waals surface area contributed by atoms with Crippen molar-refractivity contribution in [2.45, 2.75) is 45.2 Å². The number of imidazole rings is 1. The smallest absolute Gasteiger partial charge is 0.240 e. The van der Waals surface area contributed by atoms with Gasteiger partial charge >= 0.3 is 0 Å². The molecule has 0 bridgehead atoms. The molecule has 0 aliphatic carbocycles. The van der Waals surface area contributed by atoms with Crippen LogP contribution in [0.3, 0.4) is 0 Å². The van der Waals surface area contributed by atoms with E-state index in [1.807, 2.05) is 49.7 Å². The van der Waals surface area contributed by atoms with Crippen LogP contribution in [0.15, 0.2) is 24.3 Å². The van der Waals surface area contributed by atoms with Crippen molar-refractivity contribution >= 4 is 41.8 Å². The summed E-state index contributed by atoms with van der Waals surface area (Å²) in [6, 6.07) is 7.74. The van der Waals surface area contributed by atoms with E-state index in [1.165, 1.54) is 0 Å². The minimum atomic E-state index is -0.840. The second-order valence-corrected chi connectivity index (χ2v) is 5.88. The van der Waals surface area contributed by atoms with E-state index >= 15 is 0 Å². The van der Waals surface area contributed by atoms with Crippen molar-refractivity contribution < 1.29 is 4.79 Å². The first kappa shape index (κ1) is 21.7. The van der Waals surface area contributed by atoms with Crippen LogP contribution in [0.1, 0.15) is 45.5 Å². The molecule has 1 aromatic carbocycles. The summed E-state index contributed by atoms with van der Waals surface area (Å²) >= 11 is 0. The van der Waals surface area contributed by atoms with Gasteiger partial charge in [0.25, 0.3) is 0 Å². The highest BCUT2D eigenvalue weighted by molar-refractivity contribution is 5.86. The van der Waals surface area contributed by atoms with Gasteiger partial charge in [0.15, 0.2) is 0 Å². The number of hydrogen-bond acceptors (Lipinski definition) is 3. The van der Waals surface area contributed by atoms with Gasteiger partial charge in [-0.3, -0.25) is 4.79 Å². The Labute approximate surface area is 149 Å². The van der Waals surface area contributed by atoms with Crippen LogP contribution in [0.2, 0.25) is 0 Å². The van der Waals surface area contributed by atoms with E-state index < -0.39 is 5.54 Å². The minimum absolute atomic E-state index is 0. The van der Waals surface area contributed by atoms with Gasteiger partial charge in [0.2, 0.25) is 5.91 Å². The minimum Gasteiger partial charge on any atom is -0.345 e. The fourth-order valence-corrected chi connectivity index (χ4v) is 2.61. The topological polar surface area (TPSA) is 72.9 Å². The number of fused-ring (bicyclic) bond motifs is 1. The van der Waals surface area contributed by atoms with Gasteiger partial charge in [0.05, 0.1) is 22.6 Å². The SMILES string of the molecule is CCCC(C)(N)C(=O)NC(C)c1nc2ccccc2n1C.Cl.Cl. The molecule has 1 aromatic heterocycles. The predicted molar refractivity (Wildman–Crippen MR) is 99.3 cm³/mol. The lowest BCUT2D eigenvalue weighted by Gasteiger charge is -2.25. The van der Waals surface area contributed by atoms with Gasteiger partial charge in [-0.2, -0.15) is 0 Å². The van der Waals surface area contributed by atoms with Gasteiger partial charge < -0.3 is 15.6 Å². The third-order valence-electron chi connectivity index (χ3n) is 3.84. The number of halogens is 2. The summed E-state index contributed by atoms with van der Waals surface area (Å²) in [5.41, 5.74) is 7.22. The molecule has 1 heterocycles. The number of hydrogen-bond donors (Lipinski definition) is 2. The summed E-state index contributed by atoms with van der Waals surface area (Å²) in [4.78, 5) is 16.9. The Hall–Kier alpha value is -1.30. The van der Waals surface area contributed by atoms with Crippen LogP contribution < -0.4 is 11.1 Å². The zero-order valence-corrected chi connectivity index (χ0v) is 15.6. The van der Waals surface area contributed by atoms with Gasteiger partial charge in [-0.25, -0.2) is 4.98 Å². The Morgan fingerprint density at radius 1 is 1.39 bits per heavy atom. The van der Waals surface area contributed by atoms with Crippen molar-refractivity contribution in [3.63, 3.8) is 0 Å². The summed E-state index contributed by atoms with van der Waals surface area (Å²) in [5, 5.41) is 2.98. The lowest BCUT2D eigenvalue weighted by atomic mass is 9.96. The molecule has 23 heavy (non-hydrogen) atoms. The summed E-state index contributed by atoms with van der Waals surface area (Å²) in [5.74, 6) is 0.695. The van der Waals surface area contributed by atoms with Gasteiger partial charge in [-0.1, -0.05) is 25.5 Å². The number of rotatable bonds is 5. The molecule has 1 amide bonds. The molecule has 0 saturated carbocycles. The molecule has 0 aliphatic heterocycles. The average Bonchev–Trinajstić information content (AvgIpc) is 2.76. The van der Waals surface area contributed by atoms with Gasteiger partial charge in [0.1, 0.15) is 5.82 Å². The van der Waals surface area contributed by atoms with E-state index in [9.17, 15) is 4.79 Å². The number of aromatic nitrogens is 2. The number of aryl methyl sites for hydroxylation is 1. The molecule has 130 valence electrons. The molecule has 0 fully saturated rings. The van der Waals surface area contributed by atoms with E-state index in [1.54, 1.807) is 6.92 Å². The maximum Gasteiger partial charge on any atom is 0.240 e. The predicted octanol–water partition coefficient (Wildman–Crippen LogP) is 3.11. The largest absolute Gasteiger partial charge is 0.345 e. The molecular weight excluding hydrogens is 335 g/mol. The number of carbonyl (C=O) groups is 1. The zero-order valence-electron chi connectivity index (χ0n) is 14.0. The average molecular weight is 361 g/mol. The first-order valence-corrected chi connectivity index (χ1v) is 7.38. The van der Waals surface area contributed by atoms with Crippen molar-refractivity contribution in [3.05, 3.63) is 30.1 Å². The summed E-state index contributed by atoms with van der Waals surface area (Å²) < 4.78 is 2.01. The number of nitrogens with zero attached hydrogens (tertiary/aromatic N) is 2. The van der Waals surface area contributed by atoms with Crippen LogP contribution in [-0.2, 0) is 11.8 Å². The Morgan fingerprint density at radius 2 is 2.00 bits per heavy atom. The second-order valence-electron chi connectivity index (χ2n) is 5.88. The Bertz CT molecular complexity index is 655. The van der Waals surface area contributed by atoms with Crippen molar-refractivity contribution in [3.8, 4) is 0 Å². The summed E-state index contributed by atoms with van der Waals surface area (Å²) in [6.45, 7) is 5.72. The molecule has 2 rings (SSSR count). The molecule has 7 heteroatoms. The Kier molecular flexibility index (Phi) is 8.04. The number of amides is 1.